The summed E-state index contributed by atoms with van der Waals surface area (Å²) < 4.78 is 0. The lowest BCUT2D eigenvalue weighted by Gasteiger charge is -2.03. The van der Waals surface area contributed by atoms with Crippen LogP contribution in [-0.4, -0.2) is 27.4 Å². The number of nitrogens with two attached hydrogens (primary N) is 2. The highest BCUT2D eigenvalue weighted by atomic mass is 32.1. The zero-order valence-corrected chi connectivity index (χ0v) is 26.6. The number of ketones is 2. The first-order valence-electron chi connectivity index (χ1n) is 14.1. The Bertz CT molecular complexity index is 2000. The van der Waals surface area contributed by atoms with Gasteiger partial charge in [0.2, 0.25) is 17.5 Å². The van der Waals surface area contributed by atoms with E-state index in [9.17, 15) is 14.4 Å². The normalized spacial score (nSPS) is 10.4. The van der Waals surface area contributed by atoms with Crippen molar-refractivity contribution in [1.29, 1.82) is 0 Å². The van der Waals surface area contributed by atoms with Gasteiger partial charge in [-0.3, -0.25) is 14.4 Å². The first-order chi connectivity index (χ1) is 22.2. The Labute approximate surface area is 274 Å². The Morgan fingerprint density at radius 2 is 1.24 bits per heavy atom. The Kier molecular flexibility index (Phi) is 9.96. The molecule has 0 radical (unpaired) electrons. The maximum atomic E-state index is 12.5. The molecule has 0 spiro atoms. The van der Waals surface area contributed by atoms with E-state index in [1.165, 1.54) is 22.7 Å². The van der Waals surface area contributed by atoms with Gasteiger partial charge in [0.25, 0.3) is 0 Å². The van der Waals surface area contributed by atoms with Crippen LogP contribution in [0.1, 0.15) is 52.8 Å². The number of benzene rings is 4. The Morgan fingerprint density at radius 3 is 1.83 bits per heavy atom. The van der Waals surface area contributed by atoms with Crippen LogP contribution >= 0.6 is 22.7 Å². The molecule has 6 aromatic rings. The molecular formula is C35H30N6O3S2. The fraction of sp³-hybridized carbons (Fsp3) is 0.0571. The topological polar surface area (TPSA) is 153 Å². The minimum Gasteiger partial charge on any atom is -0.399 e. The summed E-state index contributed by atoms with van der Waals surface area (Å²) in [6.07, 6.45) is 1.57. The summed E-state index contributed by atoms with van der Waals surface area (Å²) >= 11 is 2.69. The average molecular weight is 647 g/mol. The second-order valence-electron chi connectivity index (χ2n) is 10.2. The lowest BCUT2D eigenvalue weighted by molar-refractivity contribution is 0.0997. The van der Waals surface area contributed by atoms with Crippen LogP contribution in [0, 0.1) is 13.8 Å². The average Bonchev–Trinajstić information content (AvgIpc) is 3.73. The van der Waals surface area contributed by atoms with Crippen LogP contribution in [0.2, 0.25) is 0 Å². The molecule has 0 bridgehead atoms. The molecule has 9 nitrogen and oxygen atoms in total. The van der Waals surface area contributed by atoms with Gasteiger partial charge < -0.3 is 22.1 Å². The van der Waals surface area contributed by atoms with Gasteiger partial charge in [-0.1, -0.05) is 59.9 Å². The smallest absolute Gasteiger partial charge is 0.248 e. The lowest BCUT2D eigenvalue weighted by atomic mass is 10.0. The van der Waals surface area contributed by atoms with Gasteiger partial charge in [0, 0.05) is 39.1 Å². The monoisotopic (exact) mass is 646 g/mol. The van der Waals surface area contributed by atoms with Crippen molar-refractivity contribution in [3.8, 4) is 0 Å². The Balaban J connectivity index is 0.000000182. The van der Waals surface area contributed by atoms with Gasteiger partial charge in [-0.15, -0.1) is 11.3 Å². The molecule has 0 unspecified atom stereocenters. The number of nitrogen functional groups attached to an aromatic ring is 1. The van der Waals surface area contributed by atoms with Gasteiger partial charge in [-0.25, -0.2) is 9.97 Å². The van der Waals surface area contributed by atoms with E-state index in [2.05, 4.69) is 20.6 Å². The summed E-state index contributed by atoms with van der Waals surface area (Å²) in [5, 5.41) is 9.35. The van der Waals surface area contributed by atoms with E-state index in [0.717, 1.165) is 22.5 Å². The fourth-order valence-corrected chi connectivity index (χ4v) is 5.83. The Hall–Kier alpha value is -5.65. The van der Waals surface area contributed by atoms with Crippen molar-refractivity contribution < 1.29 is 14.4 Å². The molecule has 0 saturated heterocycles. The van der Waals surface area contributed by atoms with Crippen molar-refractivity contribution in [2.45, 2.75) is 13.8 Å². The third-order valence-electron chi connectivity index (χ3n) is 6.83. The van der Waals surface area contributed by atoms with E-state index in [1.807, 2.05) is 86.6 Å². The molecule has 1 amide bonds. The third-order valence-corrected chi connectivity index (χ3v) is 8.50. The predicted octanol–water partition coefficient (Wildman–Crippen LogP) is 7.53. The molecule has 0 fully saturated rings. The van der Waals surface area contributed by atoms with Gasteiger partial charge >= 0.3 is 0 Å². The molecule has 0 aliphatic rings. The number of hydrogen-bond acceptors (Lipinski definition) is 10. The van der Waals surface area contributed by atoms with Gasteiger partial charge in [-0.2, -0.15) is 0 Å². The van der Waals surface area contributed by atoms with Crippen LogP contribution in [0.15, 0.2) is 109 Å². The number of rotatable bonds is 9. The summed E-state index contributed by atoms with van der Waals surface area (Å²) in [4.78, 5) is 45.3. The molecule has 11 heteroatoms. The number of amides is 1. The number of nitrogens with zero attached hydrogens (tertiary/aromatic N) is 2. The summed E-state index contributed by atoms with van der Waals surface area (Å²) in [5.74, 6) is -0.565. The molecule has 0 aliphatic carbocycles. The number of aryl methyl sites for hydroxylation is 2. The number of hydrogen-bond donors (Lipinski definition) is 4. The van der Waals surface area contributed by atoms with Crippen LogP contribution in [0.4, 0.5) is 27.3 Å². The minimum absolute atomic E-state index is 0.0391. The zero-order valence-electron chi connectivity index (χ0n) is 25.0. The SMILES string of the molecule is Cc1ccccc1C(=O)c1cnc(Nc2ccc(C(N)=O)cc2)s1.Cc1ccccc1C(=O)c1csc(Nc2ccc(N)cc2)n1. The molecule has 46 heavy (non-hydrogen) atoms. The molecule has 4 aromatic carbocycles. The van der Waals surface area contributed by atoms with Crippen molar-refractivity contribution in [2.24, 2.45) is 5.73 Å². The first kappa shape index (κ1) is 31.8. The standard InChI is InChI=1S/C18H15N3O2S.C17H15N3OS/c1-11-4-2-3-5-14(11)16(22)15-10-20-18(24-15)21-13-8-6-12(7-9-13)17(19)23;1-11-4-2-3-5-14(11)16(21)15-10-22-17(20-15)19-13-8-6-12(18)7-9-13/h2-10H,1H3,(H2,19,23)(H,20,21);2-10H,18H2,1H3,(H,19,20). The van der Waals surface area contributed by atoms with E-state index in [0.29, 0.717) is 43.2 Å². The van der Waals surface area contributed by atoms with Crippen molar-refractivity contribution >= 4 is 67.5 Å². The van der Waals surface area contributed by atoms with E-state index in [-0.39, 0.29) is 11.6 Å². The largest absolute Gasteiger partial charge is 0.399 e. The molecule has 230 valence electrons. The highest BCUT2D eigenvalue weighted by Crippen LogP contribution is 2.26. The van der Waals surface area contributed by atoms with Gasteiger partial charge in [0.1, 0.15) is 5.69 Å². The summed E-state index contributed by atoms with van der Waals surface area (Å²) in [6.45, 7) is 3.83. The third kappa shape index (κ3) is 7.89. The number of carbonyl (C=O) groups is 3. The predicted molar refractivity (Wildman–Crippen MR) is 186 cm³/mol. The maximum Gasteiger partial charge on any atom is 0.248 e. The highest BCUT2D eigenvalue weighted by molar-refractivity contribution is 7.17. The zero-order chi connectivity index (χ0) is 32.6. The van der Waals surface area contributed by atoms with Crippen molar-refractivity contribution in [2.75, 3.05) is 16.4 Å². The molecular weight excluding hydrogens is 617 g/mol. The van der Waals surface area contributed by atoms with E-state index in [1.54, 1.807) is 35.8 Å². The number of nitrogens with one attached hydrogen (secondary N) is 2. The minimum atomic E-state index is -0.470. The second kappa shape index (κ2) is 14.4. The molecule has 0 aliphatic heterocycles. The second-order valence-corrected chi connectivity index (χ2v) is 12.1. The highest BCUT2D eigenvalue weighted by Gasteiger charge is 2.16. The fourth-order valence-electron chi connectivity index (χ4n) is 4.33. The molecule has 0 saturated carbocycles. The van der Waals surface area contributed by atoms with Gasteiger partial charge in [0.15, 0.2) is 10.3 Å². The number of thiazole rings is 2. The Morgan fingerprint density at radius 1 is 0.696 bits per heavy atom. The maximum absolute atomic E-state index is 12.5. The molecule has 6 rings (SSSR count). The van der Waals surface area contributed by atoms with Crippen LogP contribution in [0.3, 0.4) is 0 Å². The molecule has 0 atom stereocenters. The summed E-state index contributed by atoms with van der Waals surface area (Å²) in [7, 11) is 0. The summed E-state index contributed by atoms with van der Waals surface area (Å²) in [5.41, 5.74) is 17.4. The van der Waals surface area contributed by atoms with Crippen molar-refractivity contribution in [3.05, 3.63) is 147 Å². The number of primary amides is 1. The summed E-state index contributed by atoms with van der Waals surface area (Å²) in [6, 6.07) is 29.1. The van der Waals surface area contributed by atoms with Crippen LogP contribution < -0.4 is 22.1 Å². The van der Waals surface area contributed by atoms with E-state index in [4.69, 9.17) is 11.5 Å². The van der Waals surface area contributed by atoms with Crippen LogP contribution in [0.5, 0.6) is 0 Å². The molecule has 2 heterocycles. The van der Waals surface area contributed by atoms with E-state index >= 15 is 0 Å². The van der Waals surface area contributed by atoms with Crippen molar-refractivity contribution in [1.82, 2.24) is 9.97 Å². The lowest BCUT2D eigenvalue weighted by Crippen LogP contribution is -2.10. The number of aromatic nitrogens is 2. The van der Waals surface area contributed by atoms with Crippen LogP contribution in [-0.2, 0) is 0 Å². The molecule has 6 N–H and O–H groups in total. The number of anilines is 5. The number of carbonyl (C=O) groups excluding carboxylic acids is 3. The first-order valence-corrected chi connectivity index (χ1v) is 15.8. The van der Waals surface area contributed by atoms with E-state index < -0.39 is 5.91 Å². The quantitative estimate of drug-likeness (QED) is 0.0929. The molecule has 2 aromatic heterocycles. The van der Waals surface area contributed by atoms with Gasteiger partial charge in [-0.05, 0) is 73.5 Å². The van der Waals surface area contributed by atoms with Crippen LogP contribution in [0.25, 0.3) is 0 Å². The van der Waals surface area contributed by atoms with Crippen molar-refractivity contribution in [3.63, 3.8) is 0 Å². The van der Waals surface area contributed by atoms with Gasteiger partial charge in [0.05, 0.1) is 11.1 Å².